The average molecular weight is 343 g/mol. The van der Waals surface area contributed by atoms with Crippen LogP contribution in [-0.4, -0.2) is 40.8 Å². The molecular weight excluding hydrogens is 306 g/mol. The maximum absolute atomic E-state index is 3.74. The second-order valence-electron chi connectivity index (χ2n) is 4.29. The van der Waals surface area contributed by atoms with Crippen LogP contribution in [0.15, 0.2) is 24.3 Å². The molecule has 1 aromatic rings. The molecule has 1 aromatic carbocycles. The van der Waals surface area contributed by atoms with E-state index in [1.807, 2.05) is 20.8 Å². The van der Waals surface area contributed by atoms with Gasteiger partial charge in [-0.05, 0) is 0 Å². The number of nitrogens with zero attached hydrogens (tertiary/aromatic N) is 3. The van der Waals surface area contributed by atoms with Crippen LogP contribution in [0.4, 0.5) is 0 Å². The summed E-state index contributed by atoms with van der Waals surface area (Å²) in [7, 11) is 5.42. The fraction of sp³-hybridized carbons (Fsp3) is 0.722. The van der Waals surface area contributed by atoms with E-state index in [9.17, 15) is 0 Å². The van der Waals surface area contributed by atoms with Crippen LogP contribution < -0.4 is 0 Å². The Balaban J connectivity index is -0.000000107. The number of hydrogen-bond donors (Lipinski definition) is 0. The van der Waals surface area contributed by atoms with Gasteiger partial charge in [0.25, 0.3) is 0 Å². The normalized spacial score (nSPS) is 8.14. The van der Waals surface area contributed by atoms with E-state index < -0.39 is 0 Å². The van der Waals surface area contributed by atoms with Crippen molar-refractivity contribution in [2.75, 3.05) is 40.8 Å². The number of hydrogen-bond acceptors (Lipinski definition) is 0. The molecular formula is C18H37N3Ti. The monoisotopic (exact) mass is 343 g/mol. The summed E-state index contributed by atoms with van der Waals surface area (Å²) in [6.07, 6.45) is 3.87. The Morgan fingerprint density at radius 2 is 1.05 bits per heavy atom. The minimum atomic E-state index is 0. The van der Waals surface area contributed by atoms with E-state index in [-0.39, 0.29) is 21.7 Å². The van der Waals surface area contributed by atoms with Crippen molar-refractivity contribution in [1.82, 2.24) is 0 Å². The van der Waals surface area contributed by atoms with Gasteiger partial charge in [0.1, 0.15) is 0 Å². The predicted octanol–water partition coefficient (Wildman–Crippen LogP) is 5.78. The third kappa shape index (κ3) is 36.8. The van der Waals surface area contributed by atoms with E-state index in [1.165, 1.54) is 24.8 Å². The van der Waals surface area contributed by atoms with E-state index in [0.29, 0.717) is 0 Å². The maximum atomic E-state index is 3.74. The van der Waals surface area contributed by atoms with Gasteiger partial charge in [0.15, 0.2) is 0 Å². The molecule has 22 heavy (non-hydrogen) atoms. The van der Waals surface area contributed by atoms with E-state index in [1.54, 1.807) is 21.1 Å². The Morgan fingerprint density at radius 1 is 0.727 bits per heavy atom. The molecule has 0 aliphatic rings. The zero-order valence-electron chi connectivity index (χ0n) is 15.9. The second-order valence-corrected chi connectivity index (χ2v) is 4.29. The van der Waals surface area contributed by atoms with Crippen molar-refractivity contribution in [3.63, 3.8) is 0 Å². The summed E-state index contributed by atoms with van der Waals surface area (Å²) in [5, 5.41) is 11.2. The quantitative estimate of drug-likeness (QED) is 0.464. The molecule has 0 atom stereocenters. The van der Waals surface area contributed by atoms with Gasteiger partial charge in [-0.25, -0.2) is 12.1 Å². The SMILES string of the molecule is CCCC[c-]1cccc1.CC[N-]C.CC[N-]C.CC[N-]C.[Ti+4]. The van der Waals surface area contributed by atoms with Crippen LogP contribution in [0.5, 0.6) is 0 Å². The molecule has 3 nitrogen and oxygen atoms in total. The van der Waals surface area contributed by atoms with Gasteiger partial charge in [-0.1, -0.05) is 47.0 Å². The number of unbranched alkanes of at least 4 members (excludes halogenated alkanes) is 1. The Bertz CT molecular complexity index is 211. The zero-order chi connectivity index (χ0) is 16.8. The Hall–Kier alpha value is -0.0557. The largest absolute Gasteiger partial charge is 4.00 e. The van der Waals surface area contributed by atoms with Gasteiger partial charge < -0.3 is 16.0 Å². The summed E-state index contributed by atoms with van der Waals surface area (Å²) >= 11 is 0. The Kier molecular flexibility index (Phi) is 44.5. The van der Waals surface area contributed by atoms with Gasteiger partial charge in [-0.3, -0.25) is 0 Å². The first kappa shape index (κ1) is 29.9. The molecule has 0 N–H and O–H groups in total. The van der Waals surface area contributed by atoms with Crippen molar-refractivity contribution in [1.29, 1.82) is 0 Å². The molecule has 0 aliphatic carbocycles. The zero-order valence-corrected chi connectivity index (χ0v) is 17.5. The summed E-state index contributed by atoms with van der Waals surface area (Å²) in [5.74, 6) is 0. The van der Waals surface area contributed by atoms with Gasteiger partial charge >= 0.3 is 21.7 Å². The van der Waals surface area contributed by atoms with Crippen LogP contribution in [-0.2, 0) is 28.1 Å². The second kappa shape index (κ2) is 32.8. The van der Waals surface area contributed by atoms with E-state index >= 15 is 0 Å². The van der Waals surface area contributed by atoms with Gasteiger partial charge in [-0.2, -0.15) is 58.5 Å². The summed E-state index contributed by atoms with van der Waals surface area (Å²) in [4.78, 5) is 0. The number of aryl methyl sites for hydroxylation is 1. The van der Waals surface area contributed by atoms with Crippen molar-refractivity contribution in [2.45, 2.75) is 47.0 Å². The first-order valence-corrected chi connectivity index (χ1v) is 8.05. The standard InChI is InChI=1S/C9H13.3C3H8N.Ti/c1-2-3-6-9-7-4-5-8-9;3*1-3-4-2;/h4-5,7-8H,2-3,6H2,1H3;3*3H2,1-2H3;/q4*-1;+4. The minimum Gasteiger partial charge on any atom is -0.665 e. The van der Waals surface area contributed by atoms with Crippen molar-refractivity contribution < 1.29 is 21.7 Å². The molecule has 0 amide bonds. The molecule has 1 rings (SSSR count). The fourth-order valence-electron chi connectivity index (χ4n) is 0.961. The third-order valence-electron chi connectivity index (χ3n) is 2.50. The molecule has 0 heterocycles. The van der Waals surface area contributed by atoms with Crippen LogP contribution in [0.2, 0.25) is 0 Å². The molecule has 0 radical (unpaired) electrons. The van der Waals surface area contributed by atoms with E-state index in [0.717, 1.165) is 19.6 Å². The van der Waals surface area contributed by atoms with Gasteiger partial charge in [0.05, 0.1) is 0 Å². The third-order valence-corrected chi connectivity index (χ3v) is 2.50. The molecule has 0 saturated heterocycles. The summed E-state index contributed by atoms with van der Waals surface area (Å²) in [5.41, 5.74) is 1.48. The van der Waals surface area contributed by atoms with Crippen molar-refractivity contribution in [2.24, 2.45) is 0 Å². The molecule has 128 valence electrons. The molecule has 0 saturated carbocycles. The molecule has 0 aliphatic heterocycles. The van der Waals surface area contributed by atoms with Crippen LogP contribution >= 0.6 is 0 Å². The van der Waals surface area contributed by atoms with Crippen molar-refractivity contribution >= 4 is 0 Å². The van der Waals surface area contributed by atoms with Crippen LogP contribution in [0, 0.1) is 0 Å². The molecule has 0 spiro atoms. The average Bonchev–Trinajstić information content (AvgIpc) is 3.07. The molecule has 0 unspecified atom stereocenters. The van der Waals surface area contributed by atoms with Gasteiger partial charge in [0, 0.05) is 0 Å². The van der Waals surface area contributed by atoms with Crippen molar-refractivity contribution in [3.05, 3.63) is 45.8 Å². The first-order chi connectivity index (χ1) is 10.2. The van der Waals surface area contributed by atoms with Crippen LogP contribution in [0.25, 0.3) is 16.0 Å². The summed E-state index contributed by atoms with van der Waals surface area (Å²) < 4.78 is 0. The van der Waals surface area contributed by atoms with Gasteiger partial charge in [-0.15, -0.1) is 0 Å². The fourth-order valence-corrected chi connectivity index (χ4v) is 0.961. The summed E-state index contributed by atoms with van der Waals surface area (Å²) in [6, 6.07) is 8.58. The smallest absolute Gasteiger partial charge is 0.665 e. The number of rotatable bonds is 6. The van der Waals surface area contributed by atoms with E-state index in [4.69, 9.17) is 0 Å². The maximum Gasteiger partial charge on any atom is 4.00 e. The van der Waals surface area contributed by atoms with E-state index in [2.05, 4.69) is 47.1 Å². The Labute approximate surface area is 155 Å². The van der Waals surface area contributed by atoms with Crippen molar-refractivity contribution in [3.8, 4) is 0 Å². The van der Waals surface area contributed by atoms with Crippen LogP contribution in [0.3, 0.4) is 0 Å². The molecule has 0 fully saturated rings. The minimum absolute atomic E-state index is 0. The first-order valence-electron chi connectivity index (χ1n) is 8.05. The molecule has 0 bridgehead atoms. The Morgan fingerprint density at radius 3 is 1.27 bits per heavy atom. The molecule has 4 heteroatoms. The van der Waals surface area contributed by atoms with Crippen LogP contribution in [0.1, 0.15) is 46.1 Å². The topological polar surface area (TPSA) is 42.3 Å². The molecule has 0 aromatic heterocycles. The summed E-state index contributed by atoms with van der Waals surface area (Å²) in [6.45, 7) is 11.1. The van der Waals surface area contributed by atoms with Gasteiger partial charge in [0.2, 0.25) is 0 Å². The predicted molar refractivity (Wildman–Crippen MR) is 100 cm³/mol.